The van der Waals surface area contributed by atoms with E-state index in [0.717, 1.165) is 61.6 Å². The topological polar surface area (TPSA) is 26.3 Å². The molecule has 12 heteroatoms. The number of alkyl halides is 10. The lowest BCUT2D eigenvalue weighted by atomic mass is 9.47. The summed E-state index contributed by atoms with van der Waals surface area (Å²) in [4.78, 5) is 13.0. The van der Waals surface area contributed by atoms with Crippen molar-refractivity contribution in [1.82, 2.24) is 0 Å². The molecule has 4 aliphatic rings. The number of carbonyl (C=O) groups excluding carboxylic acids is 1. The molecule has 0 amide bonds. The standard InChI is InChI=1S/C21H26F9IO2/c1-10(2)18(13-5-11-4-12(7-13)8-14(18)6-11)33-15(32)16(3,31)9-17(22,23)19(24,25)20(26,27)21(28,29)30/h10-14H,4-9H2,1-3H3. The van der Waals surface area contributed by atoms with Crippen LogP contribution >= 0.6 is 22.6 Å². The normalized spacial score (nSPS) is 34.5. The minimum absolute atomic E-state index is 0.0404. The van der Waals surface area contributed by atoms with Gasteiger partial charge in [0.2, 0.25) is 0 Å². The van der Waals surface area contributed by atoms with Gasteiger partial charge in [0.1, 0.15) is 9.02 Å². The molecule has 2 nitrogen and oxygen atoms in total. The Hall–Kier alpha value is -0.430. The van der Waals surface area contributed by atoms with Crippen molar-refractivity contribution in [3.63, 3.8) is 0 Å². The third kappa shape index (κ3) is 4.15. The van der Waals surface area contributed by atoms with Crippen LogP contribution in [-0.2, 0) is 9.53 Å². The minimum Gasteiger partial charge on any atom is -0.457 e. The highest BCUT2D eigenvalue weighted by Crippen LogP contribution is 2.62. The maximum absolute atomic E-state index is 14.3. The highest BCUT2D eigenvalue weighted by atomic mass is 127. The highest BCUT2D eigenvalue weighted by molar-refractivity contribution is 14.1. The van der Waals surface area contributed by atoms with Gasteiger partial charge in [-0.15, -0.1) is 0 Å². The Balaban J connectivity index is 1.84. The molecule has 4 rings (SSSR count). The van der Waals surface area contributed by atoms with Crippen LogP contribution in [0.5, 0.6) is 0 Å². The zero-order chi connectivity index (χ0) is 25.4. The first-order valence-electron chi connectivity index (χ1n) is 10.8. The summed E-state index contributed by atoms with van der Waals surface area (Å²) in [6.45, 7) is 4.41. The van der Waals surface area contributed by atoms with E-state index < -0.39 is 45.4 Å². The molecule has 0 saturated heterocycles. The zero-order valence-electron chi connectivity index (χ0n) is 18.2. The van der Waals surface area contributed by atoms with Gasteiger partial charge in [-0.3, -0.25) is 4.79 Å². The predicted molar refractivity (Wildman–Crippen MR) is 109 cm³/mol. The molecule has 0 radical (unpaired) electrons. The Morgan fingerprint density at radius 3 is 1.67 bits per heavy atom. The number of hydrogen-bond donors (Lipinski definition) is 0. The van der Waals surface area contributed by atoms with Gasteiger partial charge >= 0.3 is 29.9 Å². The SMILES string of the molecule is CC(C)C1(OC(=O)C(C)(I)CC(F)(F)C(F)(F)C(F)(F)C(F)(F)F)C2CC3CC(C2)CC1C3. The summed E-state index contributed by atoms with van der Waals surface area (Å²) >= 11 is 1.09. The molecule has 0 heterocycles. The number of carbonyl (C=O) groups is 1. The van der Waals surface area contributed by atoms with Crippen molar-refractivity contribution >= 4 is 28.6 Å². The summed E-state index contributed by atoms with van der Waals surface area (Å²) in [5, 5.41) is 0. The lowest BCUT2D eigenvalue weighted by Gasteiger charge is -2.62. The van der Waals surface area contributed by atoms with E-state index in [1.807, 2.05) is 13.8 Å². The van der Waals surface area contributed by atoms with E-state index in [2.05, 4.69) is 0 Å². The molecule has 192 valence electrons. The van der Waals surface area contributed by atoms with Gasteiger partial charge in [0.15, 0.2) is 0 Å². The molecule has 4 fully saturated rings. The van der Waals surface area contributed by atoms with Crippen LogP contribution in [0, 0.1) is 29.6 Å². The lowest BCUT2D eigenvalue weighted by Crippen LogP contribution is -2.64. The highest BCUT2D eigenvalue weighted by Gasteiger charge is 2.82. The second-order valence-corrected chi connectivity index (χ2v) is 12.8. The van der Waals surface area contributed by atoms with Gasteiger partial charge in [-0.05, 0) is 68.6 Å². The Morgan fingerprint density at radius 2 is 1.30 bits per heavy atom. The first kappa shape index (κ1) is 27.2. The van der Waals surface area contributed by atoms with Gasteiger partial charge in [-0.2, -0.15) is 39.5 Å². The first-order valence-corrected chi connectivity index (χ1v) is 11.9. The third-order valence-electron chi connectivity index (χ3n) is 7.78. The van der Waals surface area contributed by atoms with Crippen molar-refractivity contribution in [2.75, 3.05) is 0 Å². The van der Waals surface area contributed by atoms with Crippen molar-refractivity contribution in [3.05, 3.63) is 0 Å². The molecule has 0 N–H and O–H groups in total. The van der Waals surface area contributed by atoms with E-state index >= 15 is 0 Å². The van der Waals surface area contributed by atoms with E-state index in [1.165, 1.54) is 0 Å². The smallest absolute Gasteiger partial charge is 0.457 e. The fourth-order valence-electron chi connectivity index (χ4n) is 6.42. The fourth-order valence-corrected chi connectivity index (χ4v) is 7.01. The summed E-state index contributed by atoms with van der Waals surface area (Å²) in [6, 6.07) is 0. The molecular formula is C21H26F9IO2. The largest absolute Gasteiger partial charge is 0.460 e. The summed E-state index contributed by atoms with van der Waals surface area (Å²) in [6.07, 6.45) is -4.94. The summed E-state index contributed by atoms with van der Waals surface area (Å²) < 4.78 is 123. The summed E-state index contributed by atoms with van der Waals surface area (Å²) in [5.74, 6) is -20.3. The zero-order valence-corrected chi connectivity index (χ0v) is 20.4. The number of halogens is 10. The Labute approximate surface area is 199 Å². The van der Waals surface area contributed by atoms with E-state index in [1.54, 1.807) is 0 Å². The molecule has 1 atom stereocenters. The first-order chi connectivity index (χ1) is 14.7. The maximum Gasteiger partial charge on any atom is 0.460 e. The molecule has 4 bridgehead atoms. The fraction of sp³-hybridized carbons (Fsp3) is 0.952. The van der Waals surface area contributed by atoms with Gasteiger partial charge in [0, 0.05) is 6.42 Å². The Bertz CT molecular complexity index is 748. The molecule has 4 aliphatic carbocycles. The Morgan fingerprint density at radius 1 is 0.879 bits per heavy atom. The summed E-state index contributed by atoms with van der Waals surface area (Å²) in [7, 11) is 0. The van der Waals surface area contributed by atoms with Crippen LogP contribution in [0.2, 0.25) is 0 Å². The predicted octanol–water partition coefficient (Wildman–Crippen LogP) is 7.43. The van der Waals surface area contributed by atoms with Crippen molar-refractivity contribution < 1.29 is 49.0 Å². The molecule has 0 aromatic heterocycles. The van der Waals surface area contributed by atoms with E-state index in [0.29, 0.717) is 11.8 Å². The minimum atomic E-state index is -6.99. The molecule has 1 unspecified atom stereocenters. The molecule has 0 aromatic carbocycles. The summed E-state index contributed by atoms with van der Waals surface area (Å²) in [5.41, 5.74) is -1.01. The number of esters is 1. The van der Waals surface area contributed by atoms with E-state index in [9.17, 15) is 44.3 Å². The monoisotopic (exact) mass is 608 g/mol. The number of ether oxygens (including phenoxy) is 1. The second-order valence-electron chi connectivity index (χ2n) is 10.4. The van der Waals surface area contributed by atoms with E-state index in [-0.39, 0.29) is 17.8 Å². The third-order valence-corrected chi connectivity index (χ3v) is 8.60. The van der Waals surface area contributed by atoms with Crippen LogP contribution in [0.4, 0.5) is 39.5 Å². The van der Waals surface area contributed by atoms with Gasteiger partial charge in [0.05, 0.1) is 0 Å². The molecule has 4 saturated carbocycles. The average molecular weight is 608 g/mol. The number of rotatable bonds is 7. The van der Waals surface area contributed by atoms with Crippen LogP contribution < -0.4 is 0 Å². The van der Waals surface area contributed by atoms with Crippen LogP contribution in [0.3, 0.4) is 0 Å². The molecule has 0 spiro atoms. The van der Waals surface area contributed by atoms with Crippen molar-refractivity contribution in [2.45, 2.75) is 92.3 Å². The average Bonchev–Trinajstić information content (AvgIpc) is 2.61. The van der Waals surface area contributed by atoms with Gasteiger partial charge in [-0.25, -0.2) is 0 Å². The molecule has 0 aliphatic heterocycles. The van der Waals surface area contributed by atoms with Crippen molar-refractivity contribution in [1.29, 1.82) is 0 Å². The maximum atomic E-state index is 14.3. The van der Waals surface area contributed by atoms with Crippen LogP contribution in [0.15, 0.2) is 0 Å². The molecular weight excluding hydrogens is 582 g/mol. The van der Waals surface area contributed by atoms with Crippen LogP contribution in [0.25, 0.3) is 0 Å². The van der Waals surface area contributed by atoms with Gasteiger partial charge in [-0.1, -0.05) is 36.4 Å². The van der Waals surface area contributed by atoms with Gasteiger partial charge in [0.25, 0.3) is 0 Å². The number of hydrogen-bond acceptors (Lipinski definition) is 2. The van der Waals surface area contributed by atoms with Crippen LogP contribution in [0.1, 0.15) is 59.3 Å². The second kappa shape index (κ2) is 8.04. The van der Waals surface area contributed by atoms with E-state index in [4.69, 9.17) is 4.74 Å². The molecule has 33 heavy (non-hydrogen) atoms. The van der Waals surface area contributed by atoms with Gasteiger partial charge < -0.3 is 4.74 Å². The van der Waals surface area contributed by atoms with Crippen LogP contribution in [-0.4, -0.2) is 38.9 Å². The molecule has 0 aromatic rings. The lowest BCUT2D eigenvalue weighted by molar-refractivity contribution is -0.397. The van der Waals surface area contributed by atoms with Crippen molar-refractivity contribution in [3.8, 4) is 0 Å². The quantitative estimate of drug-likeness (QED) is 0.130. The Kier molecular flexibility index (Phi) is 6.62. The van der Waals surface area contributed by atoms with Crippen molar-refractivity contribution in [2.24, 2.45) is 29.6 Å².